The van der Waals surface area contributed by atoms with Crippen LogP contribution in [0.2, 0.25) is 5.02 Å². The highest BCUT2D eigenvalue weighted by molar-refractivity contribution is 6.30. The lowest BCUT2D eigenvalue weighted by atomic mass is 10.0. The largest absolute Gasteiger partial charge is 0.345 e. The molecule has 0 fully saturated rings. The van der Waals surface area contributed by atoms with Crippen molar-refractivity contribution in [3.63, 3.8) is 0 Å². The van der Waals surface area contributed by atoms with Crippen molar-refractivity contribution in [1.29, 1.82) is 0 Å². The summed E-state index contributed by atoms with van der Waals surface area (Å²) in [4.78, 5) is 12.3. The maximum Gasteiger partial charge on any atom is 0.254 e. The molecule has 0 saturated carbocycles. The minimum atomic E-state index is -0.510. The molecule has 0 spiro atoms. The van der Waals surface area contributed by atoms with E-state index in [0.29, 0.717) is 11.4 Å². The molecule has 2 nitrogen and oxygen atoms in total. The van der Waals surface area contributed by atoms with Crippen LogP contribution < -0.4 is 5.32 Å². The molecule has 0 bridgehead atoms. The van der Waals surface area contributed by atoms with Crippen LogP contribution in [0, 0.1) is 12.7 Å². The number of halogens is 2. The number of aryl methyl sites for hydroxylation is 1. The highest BCUT2D eigenvalue weighted by atomic mass is 35.5. The lowest BCUT2D eigenvalue weighted by Crippen LogP contribution is -2.29. The number of rotatable bonds is 4. The van der Waals surface area contributed by atoms with Crippen molar-refractivity contribution in [1.82, 2.24) is 5.32 Å². The fourth-order valence-corrected chi connectivity index (χ4v) is 2.29. The van der Waals surface area contributed by atoms with E-state index in [1.165, 1.54) is 6.07 Å². The Hall–Kier alpha value is -1.87. The zero-order valence-electron chi connectivity index (χ0n) is 12.0. The van der Waals surface area contributed by atoms with Gasteiger partial charge in [0.05, 0.1) is 11.6 Å². The van der Waals surface area contributed by atoms with Gasteiger partial charge in [0.25, 0.3) is 5.91 Å². The molecule has 0 aliphatic carbocycles. The fraction of sp³-hybridized carbons (Fsp3) is 0.235. The normalized spacial score (nSPS) is 12.0. The third kappa shape index (κ3) is 3.82. The van der Waals surface area contributed by atoms with Crippen LogP contribution >= 0.6 is 11.6 Å². The third-order valence-corrected chi connectivity index (χ3v) is 3.60. The van der Waals surface area contributed by atoms with E-state index in [9.17, 15) is 9.18 Å². The molecule has 0 aliphatic rings. The maximum absolute atomic E-state index is 13.8. The zero-order chi connectivity index (χ0) is 15.4. The van der Waals surface area contributed by atoms with Gasteiger partial charge in [0.15, 0.2) is 0 Å². The van der Waals surface area contributed by atoms with E-state index in [-0.39, 0.29) is 11.6 Å². The lowest BCUT2D eigenvalue weighted by molar-refractivity contribution is 0.0931. The second-order valence-electron chi connectivity index (χ2n) is 4.97. The van der Waals surface area contributed by atoms with Crippen molar-refractivity contribution in [2.24, 2.45) is 0 Å². The van der Waals surface area contributed by atoms with Crippen LogP contribution in [-0.4, -0.2) is 5.91 Å². The molecule has 0 heterocycles. The van der Waals surface area contributed by atoms with Crippen molar-refractivity contribution >= 4 is 17.5 Å². The zero-order valence-corrected chi connectivity index (χ0v) is 12.7. The molecule has 4 heteroatoms. The van der Waals surface area contributed by atoms with Crippen molar-refractivity contribution in [3.8, 4) is 0 Å². The van der Waals surface area contributed by atoms with Gasteiger partial charge in [0.2, 0.25) is 0 Å². The average molecular weight is 306 g/mol. The molecule has 0 radical (unpaired) electrons. The molecule has 0 aliphatic heterocycles. The number of amides is 1. The Morgan fingerprint density at radius 1 is 1.24 bits per heavy atom. The monoisotopic (exact) mass is 305 g/mol. The van der Waals surface area contributed by atoms with Crippen LogP contribution in [0.3, 0.4) is 0 Å². The smallest absolute Gasteiger partial charge is 0.254 e. The van der Waals surface area contributed by atoms with Gasteiger partial charge in [-0.1, -0.05) is 42.3 Å². The summed E-state index contributed by atoms with van der Waals surface area (Å²) in [6, 6.07) is 11.6. The first-order valence-electron chi connectivity index (χ1n) is 6.83. The Kier molecular flexibility index (Phi) is 4.97. The summed E-state index contributed by atoms with van der Waals surface area (Å²) in [7, 11) is 0. The predicted octanol–water partition coefficient (Wildman–Crippen LogP) is 4.67. The molecular weight excluding hydrogens is 289 g/mol. The first kappa shape index (κ1) is 15.5. The Bertz CT molecular complexity index is 640. The summed E-state index contributed by atoms with van der Waals surface area (Å²) in [6.07, 6.45) is 0.709. The molecule has 0 aromatic heterocycles. The molecule has 110 valence electrons. The number of benzene rings is 2. The van der Waals surface area contributed by atoms with E-state index in [2.05, 4.69) is 5.32 Å². The first-order chi connectivity index (χ1) is 10.0. The minimum absolute atomic E-state index is 0.0717. The van der Waals surface area contributed by atoms with Gasteiger partial charge in [0.1, 0.15) is 5.82 Å². The quantitative estimate of drug-likeness (QED) is 0.874. The molecule has 1 unspecified atom stereocenters. The van der Waals surface area contributed by atoms with Gasteiger partial charge in [-0.15, -0.1) is 0 Å². The maximum atomic E-state index is 13.8. The van der Waals surface area contributed by atoms with E-state index in [1.54, 1.807) is 24.3 Å². The van der Waals surface area contributed by atoms with Crippen LogP contribution in [0.4, 0.5) is 4.39 Å². The Morgan fingerprint density at radius 3 is 2.52 bits per heavy atom. The Labute approximate surface area is 128 Å². The average Bonchev–Trinajstić information content (AvgIpc) is 2.48. The highest BCUT2D eigenvalue weighted by Gasteiger charge is 2.17. The Morgan fingerprint density at radius 2 is 1.90 bits per heavy atom. The molecule has 21 heavy (non-hydrogen) atoms. The molecule has 2 rings (SSSR count). The van der Waals surface area contributed by atoms with Gasteiger partial charge in [0, 0.05) is 5.02 Å². The van der Waals surface area contributed by atoms with Gasteiger partial charge in [-0.25, -0.2) is 4.39 Å². The number of carbonyl (C=O) groups is 1. The van der Waals surface area contributed by atoms with Gasteiger partial charge >= 0.3 is 0 Å². The highest BCUT2D eigenvalue weighted by Crippen LogP contribution is 2.20. The molecule has 1 amide bonds. The van der Waals surface area contributed by atoms with Crippen LogP contribution in [0.5, 0.6) is 0 Å². The summed E-state index contributed by atoms with van der Waals surface area (Å²) in [5, 5.41) is 3.51. The summed E-state index contributed by atoms with van der Waals surface area (Å²) >= 11 is 5.86. The molecule has 2 aromatic carbocycles. The number of hydrogen-bond donors (Lipinski definition) is 1. The van der Waals surface area contributed by atoms with Crippen LogP contribution in [0.1, 0.15) is 40.9 Å². The van der Waals surface area contributed by atoms with E-state index in [1.807, 2.05) is 26.0 Å². The van der Waals surface area contributed by atoms with Crippen LogP contribution in [0.15, 0.2) is 42.5 Å². The molecule has 2 aromatic rings. The van der Waals surface area contributed by atoms with Gasteiger partial charge in [-0.3, -0.25) is 4.79 Å². The SMILES string of the molecule is CCC(NC(=O)c1cc(C)ccc1F)c1ccc(Cl)cc1. The standard InChI is InChI=1S/C17H17ClFNO/c1-3-16(12-5-7-13(18)8-6-12)20-17(21)14-10-11(2)4-9-15(14)19/h4-10,16H,3H2,1-2H3,(H,20,21). The summed E-state index contributed by atoms with van der Waals surface area (Å²) < 4.78 is 13.8. The van der Waals surface area contributed by atoms with Gasteiger partial charge in [-0.05, 0) is 43.2 Å². The summed E-state index contributed by atoms with van der Waals surface area (Å²) in [6.45, 7) is 3.79. The second-order valence-corrected chi connectivity index (χ2v) is 5.41. The van der Waals surface area contributed by atoms with E-state index in [4.69, 9.17) is 11.6 Å². The predicted molar refractivity (Wildman–Crippen MR) is 83.1 cm³/mol. The molecule has 1 N–H and O–H groups in total. The fourth-order valence-electron chi connectivity index (χ4n) is 2.17. The minimum Gasteiger partial charge on any atom is -0.345 e. The topological polar surface area (TPSA) is 29.1 Å². The van der Waals surface area contributed by atoms with Crippen LogP contribution in [0.25, 0.3) is 0 Å². The van der Waals surface area contributed by atoms with Crippen molar-refractivity contribution in [2.75, 3.05) is 0 Å². The summed E-state index contributed by atoms with van der Waals surface area (Å²) in [5.74, 6) is -0.915. The van der Waals surface area contributed by atoms with E-state index < -0.39 is 11.7 Å². The van der Waals surface area contributed by atoms with Crippen LogP contribution in [-0.2, 0) is 0 Å². The molecule has 1 atom stereocenters. The van der Waals surface area contributed by atoms with Gasteiger partial charge < -0.3 is 5.32 Å². The van der Waals surface area contributed by atoms with Crippen molar-refractivity contribution < 1.29 is 9.18 Å². The number of hydrogen-bond acceptors (Lipinski definition) is 1. The van der Waals surface area contributed by atoms with Crippen molar-refractivity contribution in [2.45, 2.75) is 26.3 Å². The summed E-state index contributed by atoms with van der Waals surface area (Å²) in [5.41, 5.74) is 1.87. The third-order valence-electron chi connectivity index (χ3n) is 3.35. The van der Waals surface area contributed by atoms with E-state index >= 15 is 0 Å². The number of carbonyl (C=O) groups excluding carboxylic acids is 1. The molecule has 0 saturated heterocycles. The second kappa shape index (κ2) is 6.72. The van der Waals surface area contributed by atoms with E-state index in [0.717, 1.165) is 11.1 Å². The molecular formula is C17H17ClFNO. The number of nitrogens with one attached hydrogen (secondary N) is 1. The van der Waals surface area contributed by atoms with Crippen molar-refractivity contribution in [3.05, 3.63) is 70.0 Å². The Balaban J connectivity index is 2.20. The lowest BCUT2D eigenvalue weighted by Gasteiger charge is -2.18. The van der Waals surface area contributed by atoms with Gasteiger partial charge in [-0.2, -0.15) is 0 Å². The first-order valence-corrected chi connectivity index (χ1v) is 7.21.